The second-order valence-electron chi connectivity index (χ2n) is 5.12. The number of amides is 1. The van der Waals surface area contributed by atoms with Crippen molar-refractivity contribution >= 4 is 17.3 Å². The van der Waals surface area contributed by atoms with Gasteiger partial charge in [-0.1, -0.05) is 0 Å². The predicted octanol–water partition coefficient (Wildman–Crippen LogP) is 1.27. The number of anilines is 1. The minimum absolute atomic E-state index is 0.0281. The highest BCUT2D eigenvalue weighted by Gasteiger charge is 2.38. The molecule has 1 aromatic rings. The van der Waals surface area contributed by atoms with Crippen molar-refractivity contribution in [2.45, 2.75) is 25.8 Å². The first-order chi connectivity index (χ1) is 9.33. The van der Waals surface area contributed by atoms with Gasteiger partial charge in [-0.15, -0.1) is 0 Å². The van der Waals surface area contributed by atoms with Crippen LogP contribution >= 0.6 is 0 Å². The molecule has 0 radical (unpaired) electrons. The van der Waals surface area contributed by atoms with E-state index in [4.69, 9.17) is 10.5 Å². The fourth-order valence-corrected chi connectivity index (χ4v) is 2.18. The Labute approximate surface area is 116 Å². The van der Waals surface area contributed by atoms with E-state index in [9.17, 15) is 14.9 Å². The molecular formula is C13H17N3O4. The van der Waals surface area contributed by atoms with Crippen LogP contribution in [0.15, 0.2) is 12.1 Å². The van der Waals surface area contributed by atoms with Crippen molar-refractivity contribution < 1.29 is 14.5 Å². The fraction of sp³-hybridized carbons (Fsp3) is 0.462. The standard InChI is InChI=1S/C13H17N3O4/c1-8-5-9(2)11(16(18)19)6-10(8)15-12(17)13(14)3-4-20-7-13/h5-6H,3-4,7,14H2,1-2H3,(H,15,17). The Kier molecular flexibility index (Phi) is 3.74. The third kappa shape index (κ3) is 2.63. The van der Waals surface area contributed by atoms with E-state index in [-0.39, 0.29) is 18.2 Å². The summed E-state index contributed by atoms with van der Waals surface area (Å²) in [5.74, 6) is -0.378. The summed E-state index contributed by atoms with van der Waals surface area (Å²) in [6.45, 7) is 4.04. The zero-order valence-electron chi connectivity index (χ0n) is 11.4. The number of hydrogen-bond acceptors (Lipinski definition) is 5. The highest BCUT2D eigenvalue weighted by atomic mass is 16.6. The molecule has 3 N–H and O–H groups in total. The summed E-state index contributed by atoms with van der Waals surface area (Å²) < 4.78 is 5.14. The molecule has 2 rings (SSSR count). The molecule has 0 saturated carbocycles. The summed E-state index contributed by atoms with van der Waals surface area (Å²) >= 11 is 0. The van der Waals surface area contributed by atoms with Gasteiger partial charge >= 0.3 is 0 Å². The van der Waals surface area contributed by atoms with Gasteiger partial charge in [0, 0.05) is 18.2 Å². The second-order valence-corrected chi connectivity index (χ2v) is 5.12. The van der Waals surface area contributed by atoms with E-state index >= 15 is 0 Å². The van der Waals surface area contributed by atoms with Gasteiger partial charge in [0.15, 0.2) is 0 Å². The van der Waals surface area contributed by atoms with E-state index in [0.29, 0.717) is 24.3 Å². The Morgan fingerprint density at radius 1 is 1.45 bits per heavy atom. The van der Waals surface area contributed by atoms with Crippen molar-refractivity contribution in [3.05, 3.63) is 33.4 Å². The maximum atomic E-state index is 12.2. The van der Waals surface area contributed by atoms with Crippen molar-refractivity contribution in [2.24, 2.45) is 5.73 Å². The summed E-state index contributed by atoms with van der Waals surface area (Å²) in [5.41, 5.74) is 6.58. The van der Waals surface area contributed by atoms with Crippen LogP contribution in [0.2, 0.25) is 0 Å². The number of hydrogen-bond donors (Lipinski definition) is 2. The lowest BCUT2D eigenvalue weighted by Crippen LogP contribution is -2.51. The molecule has 1 aromatic carbocycles. The Balaban J connectivity index is 2.27. The molecule has 7 nitrogen and oxygen atoms in total. The number of nitrogens with two attached hydrogens (primary N) is 1. The highest BCUT2D eigenvalue weighted by molar-refractivity contribution is 5.99. The van der Waals surface area contributed by atoms with Gasteiger partial charge in [0.2, 0.25) is 5.91 Å². The summed E-state index contributed by atoms with van der Waals surface area (Å²) in [4.78, 5) is 22.6. The zero-order valence-corrected chi connectivity index (χ0v) is 11.4. The van der Waals surface area contributed by atoms with Crippen molar-refractivity contribution in [1.82, 2.24) is 0 Å². The summed E-state index contributed by atoms with van der Waals surface area (Å²) in [6, 6.07) is 3.03. The molecule has 0 aliphatic carbocycles. The molecule has 0 spiro atoms. The Bertz CT molecular complexity index is 565. The number of nitro benzene ring substituents is 1. The van der Waals surface area contributed by atoms with Crippen LogP contribution < -0.4 is 11.1 Å². The maximum absolute atomic E-state index is 12.2. The Hall–Kier alpha value is -1.99. The topological polar surface area (TPSA) is 107 Å². The normalized spacial score (nSPS) is 21.8. The molecule has 1 atom stereocenters. The first-order valence-corrected chi connectivity index (χ1v) is 6.27. The van der Waals surface area contributed by atoms with Gasteiger partial charge in [-0.25, -0.2) is 0 Å². The molecule has 0 bridgehead atoms. The molecule has 1 aliphatic heterocycles. The molecule has 0 aromatic heterocycles. The number of ether oxygens (including phenoxy) is 1. The molecule has 1 heterocycles. The van der Waals surface area contributed by atoms with Crippen molar-refractivity contribution in [2.75, 3.05) is 18.5 Å². The average molecular weight is 279 g/mol. The van der Waals surface area contributed by atoms with Crippen molar-refractivity contribution in [3.8, 4) is 0 Å². The monoisotopic (exact) mass is 279 g/mol. The van der Waals surface area contributed by atoms with Crippen LogP contribution in [-0.2, 0) is 9.53 Å². The number of benzene rings is 1. The van der Waals surface area contributed by atoms with Crippen LogP contribution in [0.3, 0.4) is 0 Å². The van der Waals surface area contributed by atoms with E-state index in [1.807, 2.05) is 0 Å². The van der Waals surface area contributed by atoms with Gasteiger partial charge in [-0.05, 0) is 31.9 Å². The third-order valence-electron chi connectivity index (χ3n) is 3.49. The van der Waals surface area contributed by atoms with Crippen LogP contribution in [-0.4, -0.2) is 29.6 Å². The quantitative estimate of drug-likeness (QED) is 0.640. The zero-order chi connectivity index (χ0) is 14.9. The molecular weight excluding hydrogens is 262 g/mol. The maximum Gasteiger partial charge on any atom is 0.274 e. The summed E-state index contributed by atoms with van der Waals surface area (Å²) in [5, 5.41) is 13.6. The van der Waals surface area contributed by atoms with Gasteiger partial charge in [-0.3, -0.25) is 14.9 Å². The van der Waals surface area contributed by atoms with Crippen LogP contribution in [0.5, 0.6) is 0 Å². The molecule has 20 heavy (non-hydrogen) atoms. The van der Waals surface area contributed by atoms with E-state index in [1.165, 1.54) is 6.07 Å². The summed E-state index contributed by atoms with van der Waals surface area (Å²) in [6.07, 6.45) is 0.436. The van der Waals surface area contributed by atoms with Crippen LogP contribution in [0, 0.1) is 24.0 Å². The van der Waals surface area contributed by atoms with E-state index in [0.717, 1.165) is 5.56 Å². The number of nitrogens with zero attached hydrogens (tertiary/aromatic N) is 1. The first-order valence-electron chi connectivity index (χ1n) is 6.27. The number of nitrogens with one attached hydrogen (secondary N) is 1. The van der Waals surface area contributed by atoms with E-state index in [2.05, 4.69) is 5.32 Å². The molecule has 1 fully saturated rings. The number of rotatable bonds is 3. The van der Waals surface area contributed by atoms with Crippen LogP contribution in [0.1, 0.15) is 17.5 Å². The molecule has 108 valence electrons. The lowest BCUT2D eigenvalue weighted by atomic mass is 9.98. The first kappa shape index (κ1) is 14.4. The molecule has 1 aliphatic rings. The molecule has 7 heteroatoms. The number of nitro groups is 1. The van der Waals surface area contributed by atoms with E-state index in [1.54, 1.807) is 19.9 Å². The van der Waals surface area contributed by atoms with Crippen LogP contribution in [0.4, 0.5) is 11.4 Å². The average Bonchev–Trinajstić information content (AvgIpc) is 2.80. The van der Waals surface area contributed by atoms with Crippen molar-refractivity contribution in [3.63, 3.8) is 0 Å². The Morgan fingerprint density at radius 2 is 2.15 bits per heavy atom. The largest absolute Gasteiger partial charge is 0.379 e. The second kappa shape index (κ2) is 5.18. The predicted molar refractivity (Wildman–Crippen MR) is 73.6 cm³/mol. The van der Waals surface area contributed by atoms with Crippen molar-refractivity contribution in [1.29, 1.82) is 0 Å². The lowest BCUT2D eigenvalue weighted by Gasteiger charge is -2.21. The fourth-order valence-electron chi connectivity index (χ4n) is 2.18. The summed E-state index contributed by atoms with van der Waals surface area (Å²) in [7, 11) is 0. The minimum Gasteiger partial charge on any atom is -0.379 e. The lowest BCUT2D eigenvalue weighted by molar-refractivity contribution is -0.385. The van der Waals surface area contributed by atoms with E-state index < -0.39 is 10.5 Å². The third-order valence-corrected chi connectivity index (χ3v) is 3.49. The SMILES string of the molecule is Cc1cc(C)c([N+](=O)[O-])cc1NC(=O)C1(N)CCOC1. The molecule has 1 unspecified atom stereocenters. The van der Waals surface area contributed by atoms with Gasteiger partial charge in [0.05, 0.1) is 17.2 Å². The Morgan fingerprint density at radius 3 is 2.70 bits per heavy atom. The number of aryl methyl sites for hydroxylation is 2. The smallest absolute Gasteiger partial charge is 0.274 e. The van der Waals surface area contributed by atoms with Gasteiger partial charge in [0.1, 0.15) is 5.54 Å². The highest BCUT2D eigenvalue weighted by Crippen LogP contribution is 2.27. The molecule has 1 saturated heterocycles. The minimum atomic E-state index is -1.06. The van der Waals surface area contributed by atoms with Gasteiger partial charge in [0.25, 0.3) is 5.69 Å². The molecule has 1 amide bonds. The van der Waals surface area contributed by atoms with Gasteiger partial charge in [-0.2, -0.15) is 0 Å². The number of carbonyl (C=O) groups excluding carboxylic acids is 1. The number of carbonyl (C=O) groups is 1. The van der Waals surface area contributed by atoms with Gasteiger partial charge < -0.3 is 15.8 Å². The van der Waals surface area contributed by atoms with Crippen LogP contribution in [0.25, 0.3) is 0 Å².